The van der Waals surface area contributed by atoms with Crippen LogP contribution in [0, 0.1) is 0 Å². The van der Waals surface area contributed by atoms with Crippen LogP contribution >= 0.6 is 24.0 Å². The first kappa shape index (κ1) is 22.5. The fourth-order valence-corrected chi connectivity index (χ4v) is 3.75. The van der Waals surface area contributed by atoms with Crippen molar-refractivity contribution in [3.63, 3.8) is 0 Å². The van der Waals surface area contributed by atoms with Gasteiger partial charge in [0.2, 0.25) is 0 Å². The number of alkyl halides is 3. The molecule has 0 aromatic heterocycles. The highest BCUT2D eigenvalue weighted by Crippen LogP contribution is 2.37. The smallest absolute Gasteiger partial charge is 0.416 e. The van der Waals surface area contributed by atoms with Crippen LogP contribution in [-0.2, 0) is 6.18 Å². The Kier molecular flexibility index (Phi) is 6.96. The molecule has 4 rings (SSSR count). The summed E-state index contributed by atoms with van der Waals surface area (Å²) in [6, 6.07) is 23.5. The summed E-state index contributed by atoms with van der Waals surface area (Å²) in [5.41, 5.74) is 1.56. The van der Waals surface area contributed by atoms with E-state index in [1.807, 2.05) is 36.4 Å². The molecule has 3 aromatic rings. The number of rotatable bonds is 5. The fraction of sp³-hybridized carbons (Fsp3) is 0.217. The van der Waals surface area contributed by atoms with Crippen molar-refractivity contribution in [1.29, 1.82) is 0 Å². The molecule has 0 unspecified atom stereocenters. The lowest BCUT2D eigenvalue weighted by Gasteiger charge is -2.44. The first-order chi connectivity index (χ1) is 13.9. The Morgan fingerprint density at radius 2 is 1.40 bits per heavy atom. The SMILES string of the molecule is Cl.FC(F)(F)c1ccc(Cl)c(OC2CN(C(c3ccccc3)c3ccccc3)C2)c1. The van der Waals surface area contributed by atoms with Gasteiger partial charge in [-0.2, -0.15) is 13.2 Å². The van der Waals surface area contributed by atoms with Gasteiger partial charge in [0.1, 0.15) is 11.9 Å². The van der Waals surface area contributed by atoms with Crippen LogP contribution in [0.1, 0.15) is 22.7 Å². The average molecular weight is 454 g/mol. The van der Waals surface area contributed by atoms with Gasteiger partial charge in [-0.15, -0.1) is 12.4 Å². The van der Waals surface area contributed by atoms with Gasteiger partial charge in [0, 0.05) is 13.1 Å². The average Bonchev–Trinajstić information content (AvgIpc) is 2.68. The molecule has 0 N–H and O–H groups in total. The molecular weight excluding hydrogens is 434 g/mol. The van der Waals surface area contributed by atoms with Crippen molar-refractivity contribution in [1.82, 2.24) is 4.90 Å². The third-order valence-electron chi connectivity index (χ3n) is 5.02. The van der Waals surface area contributed by atoms with Crippen LogP contribution in [0.3, 0.4) is 0 Å². The molecule has 3 aromatic carbocycles. The Hall–Kier alpha value is -2.21. The summed E-state index contributed by atoms with van der Waals surface area (Å²) in [4.78, 5) is 2.25. The maximum absolute atomic E-state index is 13.0. The minimum absolute atomic E-state index is 0. The molecule has 0 radical (unpaired) electrons. The van der Waals surface area contributed by atoms with E-state index in [9.17, 15) is 13.2 Å². The number of halogens is 5. The molecule has 1 aliphatic rings. The number of ether oxygens (including phenoxy) is 1. The molecule has 0 aliphatic carbocycles. The standard InChI is InChI=1S/C23H19ClF3NO.ClH/c24-20-12-11-18(23(25,26)27)13-21(20)29-19-14-28(15-19)22(16-7-3-1-4-8-16)17-9-5-2-6-10-17;/h1-13,19,22H,14-15H2;1H. The summed E-state index contributed by atoms with van der Waals surface area (Å²) in [6.45, 7) is 1.20. The summed E-state index contributed by atoms with van der Waals surface area (Å²) in [7, 11) is 0. The van der Waals surface area contributed by atoms with Crippen LogP contribution in [0.15, 0.2) is 78.9 Å². The van der Waals surface area contributed by atoms with Crippen molar-refractivity contribution in [3.05, 3.63) is 101 Å². The fourth-order valence-electron chi connectivity index (χ4n) is 3.59. The van der Waals surface area contributed by atoms with Gasteiger partial charge in [-0.3, -0.25) is 4.90 Å². The van der Waals surface area contributed by atoms with Crippen molar-refractivity contribution >= 4 is 24.0 Å². The number of hydrogen-bond donors (Lipinski definition) is 0. The van der Waals surface area contributed by atoms with Gasteiger partial charge >= 0.3 is 6.18 Å². The van der Waals surface area contributed by atoms with Gasteiger partial charge in [0.05, 0.1) is 16.6 Å². The molecule has 30 heavy (non-hydrogen) atoms. The number of hydrogen-bond acceptors (Lipinski definition) is 2. The van der Waals surface area contributed by atoms with E-state index in [-0.39, 0.29) is 35.3 Å². The van der Waals surface area contributed by atoms with Gasteiger partial charge in [-0.05, 0) is 29.3 Å². The van der Waals surface area contributed by atoms with Gasteiger partial charge < -0.3 is 4.74 Å². The van der Waals surface area contributed by atoms with Crippen LogP contribution in [0.5, 0.6) is 5.75 Å². The first-order valence-corrected chi connectivity index (χ1v) is 9.67. The van der Waals surface area contributed by atoms with Crippen LogP contribution in [0.4, 0.5) is 13.2 Å². The summed E-state index contributed by atoms with van der Waals surface area (Å²) >= 11 is 6.06. The minimum Gasteiger partial charge on any atom is -0.486 e. The van der Waals surface area contributed by atoms with Gasteiger partial charge in [0.15, 0.2) is 0 Å². The Morgan fingerprint density at radius 1 is 0.867 bits per heavy atom. The Morgan fingerprint density at radius 3 is 1.90 bits per heavy atom. The summed E-state index contributed by atoms with van der Waals surface area (Å²) in [5.74, 6) is 0.0714. The van der Waals surface area contributed by atoms with Crippen molar-refractivity contribution in [2.45, 2.75) is 18.3 Å². The third-order valence-corrected chi connectivity index (χ3v) is 5.34. The largest absolute Gasteiger partial charge is 0.486 e. The van der Waals surface area contributed by atoms with E-state index in [1.165, 1.54) is 6.07 Å². The second-order valence-corrected chi connectivity index (χ2v) is 7.47. The summed E-state index contributed by atoms with van der Waals surface area (Å²) < 4.78 is 44.7. The lowest BCUT2D eigenvalue weighted by Crippen LogP contribution is -2.55. The third kappa shape index (κ3) is 4.91. The first-order valence-electron chi connectivity index (χ1n) is 9.29. The highest BCUT2D eigenvalue weighted by Gasteiger charge is 2.36. The van der Waals surface area contributed by atoms with Crippen LogP contribution in [0.25, 0.3) is 0 Å². The molecule has 0 bridgehead atoms. The van der Waals surface area contributed by atoms with Crippen molar-refractivity contribution in [2.24, 2.45) is 0 Å². The van der Waals surface area contributed by atoms with Gasteiger partial charge in [-0.25, -0.2) is 0 Å². The Balaban J connectivity index is 0.00000256. The Bertz CT molecular complexity index is 922. The molecule has 1 fully saturated rings. The lowest BCUT2D eigenvalue weighted by molar-refractivity contribution is -0.137. The zero-order valence-corrected chi connectivity index (χ0v) is 17.4. The van der Waals surface area contributed by atoms with E-state index >= 15 is 0 Å². The number of benzene rings is 3. The van der Waals surface area contributed by atoms with Crippen molar-refractivity contribution in [3.8, 4) is 5.75 Å². The quantitative estimate of drug-likeness (QED) is 0.429. The predicted octanol–water partition coefficient (Wildman–Crippen LogP) is 6.63. The molecule has 7 heteroatoms. The van der Waals surface area contributed by atoms with Crippen LogP contribution in [-0.4, -0.2) is 24.1 Å². The molecule has 158 valence electrons. The maximum atomic E-state index is 13.0. The second-order valence-electron chi connectivity index (χ2n) is 7.06. The molecule has 0 amide bonds. The second kappa shape index (κ2) is 9.29. The van der Waals surface area contributed by atoms with E-state index < -0.39 is 11.7 Å². The molecule has 1 heterocycles. The van der Waals surface area contributed by atoms with Crippen molar-refractivity contribution < 1.29 is 17.9 Å². The highest BCUT2D eigenvalue weighted by molar-refractivity contribution is 6.32. The van der Waals surface area contributed by atoms with E-state index in [0.717, 1.165) is 23.3 Å². The van der Waals surface area contributed by atoms with Crippen molar-refractivity contribution in [2.75, 3.05) is 13.1 Å². The van der Waals surface area contributed by atoms with E-state index in [4.69, 9.17) is 16.3 Å². The van der Waals surface area contributed by atoms with Gasteiger partial charge in [0.25, 0.3) is 0 Å². The Labute approximate surface area is 184 Å². The lowest BCUT2D eigenvalue weighted by atomic mass is 9.94. The molecule has 0 saturated carbocycles. The summed E-state index contributed by atoms with van der Waals surface area (Å²) in [5, 5.41) is 0.180. The molecular formula is C23H20Cl2F3NO. The molecule has 1 aliphatic heterocycles. The monoisotopic (exact) mass is 453 g/mol. The summed E-state index contributed by atoms with van der Waals surface area (Å²) in [6.07, 6.45) is -4.65. The molecule has 2 nitrogen and oxygen atoms in total. The zero-order valence-electron chi connectivity index (χ0n) is 15.9. The number of nitrogens with zero attached hydrogens (tertiary/aromatic N) is 1. The molecule has 0 spiro atoms. The minimum atomic E-state index is -4.43. The molecule has 1 saturated heterocycles. The van der Waals surface area contributed by atoms with E-state index in [2.05, 4.69) is 29.2 Å². The predicted molar refractivity (Wildman–Crippen MR) is 114 cm³/mol. The zero-order chi connectivity index (χ0) is 20.4. The highest BCUT2D eigenvalue weighted by atomic mass is 35.5. The molecule has 0 atom stereocenters. The van der Waals surface area contributed by atoms with Crippen LogP contribution in [0.2, 0.25) is 5.02 Å². The topological polar surface area (TPSA) is 12.5 Å². The van der Waals surface area contributed by atoms with E-state index in [1.54, 1.807) is 0 Å². The van der Waals surface area contributed by atoms with E-state index in [0.29, 0.717) is 13.1 Å². The van der Waals surface area contributed by atoms with Crippen LogP contribution < -0.4 is 4.74 Å². The van der Waals surface area contributed by atoms with Gasteiger partial charge in [-0.1, -0.05) is 72.3 Å². The number of likely N-dealkylation sites (tertiary alicyclic amines) is 1. The maximum Gasteiger partial charge on any atom is 0.416 e. The normalized spacial score (nSPS) is 14.8.